The summed E-state index contributed by atoms with van der Waals surface area (Å²) in [4.78, 5) is 11.9. The number of hydrogen-bond acceptors (Lipinski definition) is 3. The number of hydrogen-bond donors (Lipinski definition) is 2. The first kappa shape index (κ1) is 14.9. The van der Waals surface area contributed by atoms with Crippen molar-refractivity contribution in [2.45, 2.75) is 13.3 Å². The second-order valence-corrected chi connectivity index (χ2v) is 4.79. The molecule has 0 aliphatic rings. The van der Waals surface area contributed by atoms with Gasteiger partial charge in [-0.3, -0.25) is 4.79 Å². The summed E-state index contributed by atoms with van der Waals surface area (Å²) in [5, 5.41) is 6.08. The Labute approximate surface area is 125 Å². The zero-order chi connectivity index (χ0) is 15.1. The Kier molecular flexibility index (Phi) is 5.21. The first-order chi connectivity index (χ1) is 10.2. The fourth-order valence-corrected chi connectivity index (χ4v) is 1.96. The zero-order valence-electron chi connectivity index (χ0n) is 12.3. The average Bonchev–Trinajstić information content (AvgIpc) is 2.50. The maximum atomic E-state index is 11.9. The van der Waals surface area contributed by atoms with E-state index in [0.29, 0.717) is 13.0 Å². The summed E-state index contributed by atoms with van der Waals surface area (Å²) in [7, 11) is 1.63. The smallest absolute Gasteiger partial charge is 0.226 e. The number of ether oxygens (including phenoxy) is 1. The number of aryl methyl sites for hydroxylation is 1. The lowest BCUT2D eigenvalue weighted by molar-refractivity contribution is -0.115. The zero-order valence-corrected chi connectivity index (χ0v) is 12.3. The molecule has 2 rings (SSSR count). The van der Waals surface area contributed by atoms with Crippen LogP contribution in [-0.4, -0.2) is 19.6 Å². The highest BCUT2D eigenvalue weighted by atomic mass is 16.5. The van der Waals surface area contributed by atoms with Gasteiger partial charge in [0.05, 0.1) is 12.8 Å². The minimum atomic E-state index is -0.0127. The lowest BCUT2D eigenvalue weighted by Crippen LogP contribution is -2.16. The number of carbonyl (C=O) groups excluding carboxylic acids is 1. The van der Waals surface area contributed by atoms with Gasteiger partial charge in [0.1, 0.15) is 5.75 Å². The summed E-state index contributed by atoms with van der Waals surface area (Å²) in [6.45, 7) is 2.57. The van der Waals surface area contributed by atoms with Gasteiger partial charge in [-0.1, -0.05) is 29.8 Å². The number of para-hydroxylation sites is 2. The standard InChI is InChI=1S/C17H20N2O2/c1-13-7-9-14(10-8-13)19-17(20)11-12-18-15-5-3-4-6-16(15)21-2/h3-10,18H,11-12H2,1-2H3,(H,19,20). The summed E-state index contributed by atoms with van der Waals surface area (Å²) in [5.74, 6) is 0.762. The van der Waals surface area contributed by atoms with Crippen LogP contribution in [0, 0.1) is 6.92 Å². The van der Waals surface area contributed by atoms with Crippen LogP contribution < -0.4 is 15.4 Å². The van der Waals surface area contributed by atoms with Gasteiger partial charge in [0.15, 0.2) is 0 Å². The van der Waals surface area contributed by atoms with Crippen LogP contribution in [0.1, 0.15) is 12.0 Å². The second-order valence-electron chi connectivity index (χ2n) is 4.79. The highest BCUT2D eigenvalue weighted by molar-refractivity contribution is 5.91. The van der Waals surface area contributed by atoms with Gasteiger partial charge in [-0.2, -0.15) is 0 Å². The van der Waals surface area contributed by atoms with E-state index < -0.39 is 0 Å². The molecule has 1 amide bonds. The van der Waals surface area contributed by atoms with Crippen LogP contribution >= 0.6 is 0 Å². The third kappa shape index (κ3) is 4.53. The molecule has 21 heavy (non-hydrogen) atoms. The summed E-state index contributed by atoms with van der Waals surface area (Å²) < 4.78 is 5.25. The van der Waals surface area contributed by atoms with Crippen molar-refractivity contribution in [2.24, 2.45) is 0 Å². The van der Waals surface area contributed by atoms with Crippen molar-refractivity contribution in [1.82, 2.24) is 0 Å². The molecule has 0 bridgehead atoms. The van der Waals surface area contributed by atoms with Gasteiger partial charge in [0, 0.05) is 18.7 Å². The number of benzene rings is 2. The minimum absolute atomic E-state index is 0.0127. The van der Waals surface area contributed by atoms with Gasteiger partial charge in [0.2, 0.25) is 5.91 Å². The molecule has 0 heterocycles. The number of methoxy groups -OCH3 is 1. The van der Waals surface area contributed by atoms with E-state index in [2.05, 4.69) is 10.6 Å². The van der Waals surface area contributed by atoms with Crippen molar-refractivity contribution in [1.29, 1.82) is 0 Å². The van der Waals surface area contributed by atoms with Crippen LogP contribution in [0.5, 0.6) is 5.75 Å². The molecule has 0 aliphatic carbocycles. The molecule has 110 valence electrons. The Bertz CT molecular complexity index is 594. The molecular formula is C17H20N2O2. The molecule has 0 aromatic heterocycles. The highest BCUT2D eigenvalue weighted by Crippen LogP contribution is 2.22. The van der Waals surface area contributed by atoms with E-state index in [0.717, 1.165) is 17.1 Å². The van der Waals surface area contributed by atoms with Crippen molar-refractivity contribution in [3.8, 4) is 5.75 Å². The van der Waals surface area contributed by atoms with E-state index in [4.69, 9.17) is 4.74 Å². The molecule has 4 heteroatoms. The predicted molar refractivity (Wildman–Crippen MR) is 85.9 cm³/mol. The Morgan fingerprint density at radius 1 is 1.10 bits per heavy atom. The molecule has 0 spiro atoms. The molecule has 0 aliphatic heterocycles. The third-order valence-corrected chi connectivity index (χ3v) is 3.11. The average molecular weight is 284 g/mol. The second kappa shape index (κ2) is 7.33. The van der Waals surface area contributed by atoms with Crippen molar-refractivity contribution in [3.63, 3.8) is 0 Å². The van der Waals surface area contributed by atoms with E-state index in [1.807, 2.05) is 55.5 Å². The Balaban J connectivity index is 1.80. The lowest BCUT2D eigenvalue weighted by Gasteiger charge is -2.11. The van der Waals surface area contributed by atoms with E-state index in [9.17, 15) is 4.79 Å². The van der Waals surface area contributed by atoms with Gasteiger partial charge in [-0.05, 0) is 31.2 Å². The Hall–Kier alpha value is -2.49. The Morgan fingerprint density at radius 3 is 2.52 bits per heavy atom. The molecular weight excluding hydrogens is 264 g/mol. The van der Waals surface area contributed by atoms with Gasteiger partial charge in [0.25, 0.3) is 0 Å². The van der Waals surface area contributed by atoms with Crippen LogP contribution in [0.3, 0.4) is 0 Å². The Morgan fingerprint density at radius 2 is 1.81 bits per heavy atom. The fourth-order valence-electron chi connectivity index (χ4n) is 1.96. The molecule has 0 radical (unpaired) electrons. The van der Waals surface area contributed by atoms with Crippen LogP contribution in [-0.2, 0) is 4.79 Å². The normalized spacial score (nSPS) is 10.0. The quantitative estimate of drug-likeness (QED) is 0.854. The number of carbonyl (C=O) groups is 1. The molecule has 0 saturated heterocycles. The monoisotopic (exact) mass is 284 g/mol. The topological polar surface area (TPSA) is 50.4 Å². The molecule has 0 saturated carbocycles. The fraction of sp³-hybridized carbons (Fsp3) is 0.235. The summed E-state index contributed by atoms with van der Waals surface area (Å²) in [6.07, 6.45) is 0.395. The van der Waals surface area contributed by atoms with Crippen LogP contribution in [0.25, 0.3) is 0 Å². The summed E-state index contributed by atoms with van der Waals surface area (Å²) >= 11 is 0. The number of amides is 1. The molecule has 2 aromatic carbocycles. The third-order valence-electron chi connectivity index (χ3n) is 3.11. The first-order valence-corrected chi connectivity index (χ1v) is 6.92. The highest BCUT2D eigenvalue weighted by Gasteiger charge is 2.04. The van der Waals surface area contributed by atoms with E-state index >= 15 is 0 Å². The number of anilines is 2. The maximum absolute atomic E-state index is 11.9. The summed E-state index contributed by atoms with van der Waals surface area (Å²) in [5.41, 5.74) is 2.89. The van der Waals surface area contributed by atoms with E-state index in [1.54, 1.807) is 7.11 Å². The van der Waals surface area contributed by atoms with Crippen molar-refractivity contribution < 1.29 is 9.53 Å². The molecule has 0 atom stereocenters. The lowest BCUT2D eigenvalue weighted by atomic mass is 10.2. The molecule has 4 nitrogen and oxygen atoms in total. The van der Waals surface area contributed by atoms with Crippen molar-refractivity contribution >= 4 is 17.3 Å². The number of nitrogens with one attached hydrogen (secondary N) is 2. The first-order valence-electron chi connectivity index (χ1n) is 6.92. The maximum Gasteiger partial charge on any atom is 0.226 e. The van der Waals surface area contributed by atoms with Crippen LogP contribution in [0.2, 0.25) is 0 Å². The van der Waals surface area contributed by atoms with Crippen LogP contribution in [0.4, 0.5) is 11.4 Å². The van der Waals surface area contributed by atoms with Crippen LogP contribution in [0.15, 0.2) is 48.5 Å². The number of rotatable bonds is 6. The molecule has 2 aromatic rings. The van der Waals surface area contributed by atoms with Crippen molar-refractivity contribution in [3.05, 3.63) is 54.1 Å². The predicted octanol–water partition coefficient (Wildman–Crippen LogP) is 3.44. The van der Waals surface area contributed by atoms with Gasteiger partial charge < -0.3 is 15.4 Å². The molecule has 0 fully saturated rings. The van der Waals surface area contributed by atoms with Gasteiger partial charge in [-0.15, -0.1) is 0 Å². The summed E-state index contributed by atoms with van der Waals surface area (Å²) in [6, 6.07) is 15.4. The minimum Gasteiger partial charge on any atom is -0.495 e. The molecule has 2 N–H and O–H groups in total. The van der Waals surface area contributed by atoms with Gasteiger partial charge in [-0.25, -0.2) is 0 Å². The van der Waals surface area contributed by atoms with E-state index in [1.165, 1.54) is 5.56 Å². The van der Waals surface area contributed by atoms with E-state index in [-0.39, 0.29) is 5.91 Å². The van der Waals surface area contributed by atoms with Crippen molar-refractivity contribution in [2.75, 3.05) is 24.3 Å². The van der Waals surface area contributed by atoms with Gasteiger partial charge >= 0.3 is 0 Å². The largest absolute Gasteiger partial charge is 0.495 e. The molecule has 0 unspecified atom stereocenters. The SMILES string of the molecule is COc1ccccc1NCCC(=O)Nc1ccc(C)cc1.